The number of methoxy groups -OCH3 is 1. The lowest BCUT2D eigenvalue weighted by Gasteiger charge is -2.27. The average molecular weight is 336 g/mol. The van der Waals surface area contributed by atoms with Crippen LogP contribution in [0.2, 0.25) is 0 Å². The summed E-state index contributed by atoms with van der Waals surface area (Å²) in [4.78, 5) is 15.1. The van der Waals surface area contributed by atoms with Crippen LogP contribution in [0, 0.1) is 0 Å². The molecular formula is C18H16N4O3. The zero-order valence-corrected chi connectivity index (χ0v) is 13.5. The first-order chi connectivity index (χ1) is 12.2. The molecule has 2 N–H and O–H groups in total. The van der Waals surface area contributed by atoms with Crippen molar-refractivity contribution in [3.8, 4) is 11.5 Å². The maximum Gasteiger partial charge on any atom is 0.187 e. The number of pyridine rings is 1. The highest BCUT2D eigenvalue weighted by Gasteiger charge is 2.31. The van der Waals surface area contributed by atoms with Gasteiger partial charge in [-0.25, -0.2) is 4.99 Å². The van der Waals surface area contributed by atoms with Gasteiger partial charge in [0.25, 0.3) is 0 Å². The summed E-state index contributed by atoms with van der Waals surface area (Å²) in [5.41, 5.74) is 1.89. The van der Waals surface area contributed by atoms with Gasteiger partial charge in [-0.1, -0.05) is 0 Å². The first-order valence-corrected chi connectivity index (χ1v) is 7.81. The minimum absolute atomic E-state index is 0.0110. The standard InChI is InChI=1S/C18H16N4O3/c1-25-17-13(23)5-4-12-16(17)21-15(22-8-7-20-18(12)22)9-14(24)11-3-2-6-19-10-11/h2-6,9-10,23-24H,7-8H2,1H3/b14-9-. The molecular weight excluding hydrogens is 320 g/mol. The fourth-order valence-electron chi connectivity index (χ4n) is 2.96. The van der Waals surface area contributed by atoms with Crippen LogP contribution in [0.3, 0.4) is 0 Å². The van der Waals surface area contributed by atoms with Gasteiger partial charge >= 0.3 is 0 Å². The topological polar surface area (TPSA) is 90.5 Å². The van der Waals surface area contributed by atoms with Gasteiger partial charge in [0.15, 0.2) is 11.5 Å². The van der Waals surface area contributed by atoms with Gasteiger partial charge in [-0.15, -0.1) is 0 Å². The van der Waals surface area contributed by atoms with Crippen molar-refractivity contribution >= 4 is 23.1 Å². The zero-order chi connectivity index (χ0) is 17.4. The molecule has 0 radical (unpaired) electrons. The quantitative estimate of drug-likeness (QED) is 0.841. The van der Waals surface area contributed by atoms with E-state index in [1.165, 1.54) is 7.11 Å². The van der Waals surface area contributed by atoms with E-state index in [0.717, 1.165) is 11.4 Å². The Morgan fingerprint density at radius 3 is 2.96 bits per heavy atom. The second kappa shape index (κ2) is 5.94. The SMILES string of the molecule is COc1c(O)ccc2c1N=C(/C=C(\O)c1cccnc1)N1CCN=C21. The number of aromatic hydroxyl groups is 1. The van der Waals surface area contributed by atoms with Gasteiger partial charge < -0.3 is 19.8 Å². The van der Waals surface area contributed by atoms with Crippen molar-refractivity contribution in [2.24, 2.45) is 9.98 Å². The minimum Gasteiger partial charge on any atom is -0.507 e. The number of hydrogen-bond donors (Lipinski definition) is 2. The number of hydrogen-bond acceptors (Lipinski definition) is 7. The zero-order valence-electron chi connectivity index (χ0n) is 13.5. The monoisotopic (exact) mass is 336 g/mol. The van der Waals surface area contributed by atoms with Crippen LogP contribution in [0.1, 0.15) is 11.1 Å². The fraction of sp³-hybridized carbons (Fsp3) is 0.167. The molecule has 0 saturated heterocycles. The van der Waals surface area contributed by atoms with Gasteiger partial charge in [0, 0.05) is 36.1 Å². The van der Waals surface area contributed by atoms with Gasteiger partial charge in [-0.05, 0) is 24.3 Å². The Kier molecular flexibility index (Phi) is 3.61. The molecule has 3 heterocycles. The van der Waals surface area contributed by atoms with E-state index in [1.54, 1.807) is 42.7 Å². The second-order valence-corrected chi connectivity index (χ2v) is 5.61. The number of benzene rings is 1. The van der Waals surface area contributed by atoms with Crippen LogP contribution in [0.25, 0.3) is 5.76 Å². The number of aliphatic imine (C=N–C) groups is 2. The van der Waals surface area contributed by atoms with Gasteiger partial charge in [-0.2, -0.15) is 0 Å². The largest absolute Gasteiger partial charge is 0.507 e. The molecule has 126 valence electrons. The number of aliphatic hydroxyl groups excluding tert-OH is 1. The molecule has 7 heteroatoms. The molecule has 2 aromatic rings. The van der Waals surface area contributed by atoms with Crippen LogP contribution in [0.15, 0.2) is 52.7 Å². The summed E-state index contributed by atoms with van der Waals surface area (Å²) >= 11 is 0. The van der Waals surface area contributed by atoms with E-state index in [0.29, 0.717) is 35.9 Å². The Morgan fingerprint density at radius 1 is 1.32 bits per heavy atom. The molecule has 1 aromatic carbocycles. The van der Waals surface area contributed by atoms with Crippen LogP contribution in [-0.4, -0.2) is 52.0 Å². The van der Waals surface area contributed by atoms with Crippen molar-refractivity contribution in [2.75, 3.05) is 20.2 Å². The van der Waals surface area contributed by atoms with E-state index >= 15 is 0 Å². The molecule has 0 saturated carbocycles. The third kappa shape index (κ3) is 2.50. The Morgan fingerprint density at radius 2 is 2.20 bits per heavy atom. The van der Waals surface area contributed by atoms with E-state index in [1.807, 2.05) is 4.90 Å². The molecule has 0 spiro atoms. The molecule has 0 unspecified atom stereocenters. The number of aliphatic hydroxyl groups is 1. The maximum absolute atomic E-state index is 10.4. The number of ether oxygens (including phenoxy) is 1. The number of phenols is 1. The molecule has 0 aliphatic carbocycles. The van der Waals surface area contributed by atoms with Gasteiger partial charge in [0.2, 0.25) is 0 Å². The van der Waals surface area contributed by atoms with E-state index in [9.17, 15) is 10.2 Å². The Balaban J connectivity index is 1.86. The van der Waals surface area contributed by atoms with Crippen molar-refractivity contribution in [1.29, 1.82) is 0 Å². The molecule has 0 bridgehead atoms. The first kappa shape index (κ1) is 15.2. The van der Waals surface area contributed by atoms with E-state index < -0.39 is 0 Å². The molecule has 2 aliphatic rings. The highest BCUT2D eigenvalue weighted by Crippen LogP contribution is 2.42. The number of phenolic OH excluding ortho intramolecular Hbond substituents is 1. The highest BCUT2D eigenvalue weighted by molar-refractivity contribution is 6.20. The van der Waals surface area contributed by atoms with Crippen molar-refractivity contribution in [3.63, 3.8) is 0 Å². The summed E-state index contributed by atoms with van der Waals surface area (Å²) in [5.74, 6) is 1.65. The summed E-state index contributed by atoms with van der Waals surface area (Å²) in [6.07, 6.45) is 4.79. The van der Waals surface area contributed by atoms with Crippen LogP contribution < -0.4 is 4.74 Å². The molecule has 4 rings (SSSR count). The van der Waals surface area contributed by atoms with Gasteiger partial charge in [0.1, 0.15) is 23.1 Å². The summed E-state index contributed by atoms with van der Waals surface area (Å²) < 4.78 is 5.31. The first-order valence-electron chi connectivity index (χ1n) is 7.81. The van der Waals surface area contributed by atoms with E-state index in [2.05, 4.69) is 15.0 Å². The Bertz CT molecular complexity index is 919. The van der Waals surface area contributed by atoms with Gasteiger partial charge in [-0.3, -0.25) is 9.98 Å². The van der Waals surface area contributed by atoms with Crippen molar-refractivity contribution in [3.05, 3.63) is 53.9 Å². The third-order valence-electron chi connectivity index (χ3n) is 4.12. The minimum atomic E-state index is 0.0110. The van der Waals surface area contributed by atoms with Crippen LogP contribution >= 0.6 is 0 Å². The van der Waals surface area contributed by atoms with E-state index in [4.69, 9.17) is 4.74 Å². The number of aromatic nitrogens is 1. The number of fused-ring (bicyclic) bond motifs is 3. The van der Waals surface area contributed by atoms with Crippen molar-refractivity contribution < 1.29 is 14.9 Å². The Labute approximate surface area is 144 Å². The lowest BCUT2D eigenvalue weighted by Crippen LogP contribution is -2.36. The molecule has 0 amide bonds. The number of rotatable bonds is 3. The molecule has 0 fully saturated rings. The highest BCUT2D eigenvalue weighted by atomic mass is 16.5. The lowest BCUT2D eigenvalue weighted by atomic mass is 10.1. The van der Waals surface area contributed by atoms with Gasteiger partial charge in [0.05, 0.1) is 13.7 Å². The lowest BCUT2D eigenvalue weighted by molar-refractivity contribution is 0.374. The summed E-state index contributed by atoms with van der Waals surface area (Å²) in [6.45, 7) is 1.31. The van der Waals surface area contributed by atoms with Crippen LogP contribution in [-0.2, 0) is 0 Å². The summed E-state index contributed by atoms with van der Waals surface area (Å²) in [7, 11) is 1.48. The van der Waals surface area contributed by atoms with E-state index in [-0.39, 0.29) is 11.5 Å². The maximum atomic E-state index is 10.4. The second-order valence-electron chi connectivity index (χ2n) is 5.61. The Hall–Kier alpha value is -3.35. The number of amidine groups is 2. The summed E-state index contributed by atoms with van der Waals surface area (Å²) in [6, 6.07) is 6.86. The molecule has 7 nitrogen and oxygen atoms in total. The number of nitrogens with zero attached hydrogens (tertiary/aromatic N) is 4. The molecule has 25 heavy (non-hydrogen) atoms. The van der Waals surface area contributed by atoms with Crippen molar-refractivity contribution in [1.82, 2.24) is 9.88 Å². The molecule has 0 atom stereocenters. The predicted molar refractivity (Wildman–Crippen MR) is 94.7 cm³/mol. The molecule has 1 aromatic heterocycles. The van der Waals surface area contributed by atoms with Crippen molar-refractivity contribution in [2.45, 2.75) is 0 Å². The summed E-state index contributed by atoms with van der Waals surface area (Å²) in [5, 5.41) is 20.4. The fourth-order valence-corrected chi connectivity index (χ4v) is 2.96. The molecule has 2 aliphatic heterocycles. The predicted octanol–water partition coefficient (Wildman–Crippen LogP) is 2.50. The smallest absolute Gasteiger partial charge is 0.187 e. The van der Waals surface area contributed by atoms with Crippen LogP contribution in [0.4, 0.5) is 5.69 Å². The normalized spacial score (nSPS) is 16.0. The average Bonchev–Trinajstić information content (AvgIpc) is 3.12. The van der Waals surface area contributed by atoms with Crippen LogP contribution in [0.5, 0.6) is 11.5 Å². The third-order valence-corrected chi connectivity index (χ3v) is 4.12.